The van der Waals surface area contributed by atoms with E-state index in [1.807, 2.05) is 18.2 Å². The highest BCUT2D eigenvalue weighted by atomic mass is 35.5. The Morgan fingerprint density at radius 2 is 2.29 bits per heavy atom. The average Bonchev–Trinajstić information content (AvgIpc) is 2.18. The summed E-state index contributed by atoms with van der Waals surface area (Å²) in [5.74, 6) is 1.04. The van der Waals surface area contributed by atoms with Crippen molar-refractivity contribution in [2.24, 2.45) is 0 Å². The summed E-state index contributed by atoms with van der Waals surface area (Å²) in [6.45, 7) is 0.801. The molecular formula is C10H14ClNOS. The third-order valence-electron chi connectivity index (χ3n) is 1.73. The number of benzene rings is 1. The fourth-order valence-corrected chi connectivity index (χ4v) is 2.10. The van der Waals surface area contributed by atoms with Crippen molar-refractivity contribution in [2.45, 2.75) is 11.3 Å². The van der Waals surface area contributed by atoms with E-state index in [9.17, 15) is 0 Å². The Morgan fingerprint density at radius 1 is 1.50 bits per heavy atom. The summed E-state index contributed by atoms with van der Waals surface area (Å²) in [5, 5.41) is 0.627. The molecule has 2 N–H and O–H groups in total. The van der Waals surface area contributed by atoms with E-state index in [-0.39, 0.29) is 0 Å². The molecule has 0 amide bonds. The number of nitrogen functional groups attached to an aromatic ring is 1. The van der Waals surface area contributed by atoms with Gasteiger partial charge in [0, 0.05) is 24.4 Å². The Kier molecular flexibility index (Phi) is 5.15. The van der Waals surface area contributed by atoms with Crippen molar-refractivity contribution in [2.75, 3.05) is 25.2 Å². The summed E-state index contributed by atoms with van der Waals surface area (Å²) >= 11 is 7.65. The zero-order valence-electron chi connectivity index (χ0n) is 8.13. The van der Waals surface area contributed by atoms with Crippen LogP contribution < -0.4 is 5.73 Å². The maximum atomic E-state index is 5.89. The van der Waals surface area contributed by atoms with Gasteiger partial charge in [-0.05, 0) is 24.6 Å². The van der Waals surface area contributed by atoms with E-state index in [2.05, 4.69) is 0 Å². The maximum Gasteiger partial charge on any atom is 0.0646 e. The molecule has 0 radical (unpaired) electrons. The number of methoxy groups -OCH3 is 1. The standard InChI is InChI=1S/C10H14ClNOS/c1-13-5-2-6-14-8-3-4-10(12)9(11)7-8/h3-4,7H,2,5-6,12H2,1H3. The van der Waals surface area contributed by atoms with E-state index in [0.29, 0.717) is 10.7 Å². The Bertz CT molecular complexity index is 293. The molecule has 0 spiro atoms. The van der Waals surface area contributed by atoms with E-state index in [0.717, 1.165) is 23.7 Å². The third-order valence-corrected chi connectivity index (χ3v) is 3.14. The number of ether oxygens (including phenoxy) is 1. The molecule has 0 heterocycles. The molecule has 0 bridgehead atoms. The molecule has 14 heavy (non-hydrogen) atoms. The molecule has 0 aliphatic rings. The molecule has 0 saturated heterocycles. The lowest BCUT2D eigenvalue weighted by Gasteiger charge is -2.03. The van der Waals surface area contributed by atoms with Crippen molar-refractivity contribution in [3.63, 3.8) is 0 Å². The molecule has 78 valence electrons. The first-order valence-corrected chi connectivity index (χ1v) is 5.77. The van der Waals surface area contributed by atoms with Crippen LogP contribution in [0.3, 0.4) is 0 Å². The Hall–Kier alpha value is -0.380. The van der Waals surface area contributed by atoms with Crippen molar-refractivity contribution >= 4 is 29.1 Å². The topological polar surface area (TPSA) is 35.2 Å². The highest BCUT2D eigenvalue weighted by Gasteiger charge is 1.98. The van der Waals surface area contributed by atoms with Crippen LogP contribution in [0.15, 0.2) is 23.1 Å². The highest BCUT2D eigenvalue weighted by Crippen LogP contribution is 2.26. The van der Waals surface area contributed by atoms with Crippen LogP contribution in [0.5, 0.6) is 0 Å². The Labute approximate surface area is 93.8 Å². The van der Waals surface area contributed by atoms with E-state index in [4.69, 9.17) is 22.1 Å². The molecule has 0 aliphatic carbocycles. The van der Waals surface area contributed by atoms with Gasteiger partial charge in [0.1, 0.15) is 0 Å². The lowest BCUT2D eigenvalue weighted by molar-refractivity contribution is 0.200. The van der Waals surface area contributed by atoms with Crippen molar-refractivity contribution in [3.05, 3.63) is 23.2 Å². The molecule has 1 aromatic rings. The molecule has 0 unspecified atom stereocenters. The number of rotatable bonds is 5. The lowest BCUT2D eigenvalue weighted by atomic mass is 10.3. The number of nitrogens with two attached hydrogens (primary N) is 1. The summed E-state index contributed by atoms with van der Waals surface area (Å²) in [4.78, 5) is 1.15. The van der Waals surface area contributed by atoms with Gasteiger partial charge in [0.2, 0.25) is 0 Å². The van der Waals surface area contributed by atoms with Gasteiger partial charge in [-0.3, -0.25) is 0 Å². The molecule has 1 rings (SSSR count). The molecule has 0 aromatic heterocycles. The van der Waals surface area contributed by atoms with E-state index in [1.165, 1.54) is 0 Å². The number of hydrogen-bond acceptors (Lipinski definition) is 3. The number of thioether (sulfide) groups is 1. The minimum atomic E-state index is 0.627. The molecule has 0 saturated carbocycles. The Balaban J connectivity index is 2.39. The number of anilines is 1. The second kappa shape index (κ2) is 6.17. The van der Waals surface area contributed by atoms with Crippen molar-refractivity contribution in [3.8, 4) is 0 Å². The Morgan fingerprint density at radius 3 is 2.93 bits per heavy atom. The maximum absolute atomic E-state index is 5.89. The molecule has 4 heteroatoms. The predicted molar refractivity (Wildman–Crippen MR) is 63.1 cm³/mol. The molecule has 2 nitrogen and oxygen atoms in total. The largest absolute Gasteiger partial charge is 0.398 e. The van der Waals surface area contributed by atoms with Crippen LogP contribution in [0.25, 0.3) is 0 Å². The van der Waals surface area contributed by atoms with Gasteiger partial charge in [-0.15, -0.1) is 11.8 Å². The fraction of sp³-hybridized carbons (Fsp3) is 0.400. The van der Waals surface area contributed by atoms with Gasteiger partial charge < -0.3 is 10.5 Å². The van der Waals surface area contributed by atoms with Crippen LogP contribution in [-0.4, -0.2) is 19.5 Å². The first kappa shape index (κ1) is 11.7. The van der Waals surface area contributed by atoms with E-state index >= 15 is 0 Å². The zero-order chi connectivity index (χ0) is 10.4. The van der Waals surface area contributed by atoms with Crippen LogP contribution in [0.1, 0.15) is 6.42 Å². The van der Waals surface area contributed by atoms with Crippen LogP contribution in [0, 0.1) is 0 Å². The van der Waals surface area contributed by atoms with Crippen LogP contribution in [0.4, 0.5) is 5.69 Å². The monoisotopic (exact) mass is 231 g/mol. The van der Waals surface area contributed by atoms with Crippen LogP contribution in [0.2, 0.25) is 5.02 Å². The van der Waals surface area contributed by atoms with Crippen molar-refractivity contribution in [1.82, 2.24) is 0 Å². The average molecular weight is 232 g/mol. The second-order valence-corrected chi connectivity index (χ2v) is 4.45. The zero-order valence-corrected chi connectivity index (χ0v) is 9.70. The minimum absolute atomic E-state index is 0.627. The minimum Gasteiger partial charge on any atom is -0.398 e. The highest BCUT2D eigenvalue weighted by molar-refractivity contribution is 7.99. The van der Waals surface area contributed by atoms with Crippen LogP contribution >= 0.6 is 23.4 Å². The predicted octanol–water partition coefficient (Wildman–Crippen LogP) is 3.05. The normalized spacial score (nSPS) is 10.4. The lowest BCUT2D eigenvalue weighted by Crippen LogP contribution is -1.90. The quantitative estimate of drug-likeness (QED) is 0.481. The number of hydrogen-bond donors (Lipinski definition) is 1. The van der Waals surface area contributed by atoms with Gasteiger partial charge in [-0.25, -0.2) is 0 Å². The second-order valence-electron chi connectivity index (χ2n) is 2.88. The summed E-state index contributed by atoms with van der Waals surface area (Å²) < 4.78 is 4.96. The smallest absolute Gasteiger partial charge is 0.0646 e. The molecule has 1 aromatic carbocycles. The molecule has 0 atom stereocenters. The van der Waals surface area contributed by atoms with Gasteiger partial charge in [0.05, 0.1) is 10.7 Å². The van der Waals surface area contributed by atoms with Gasteiger partial charge in [-0.2, -0.15) is 0 Å². The van der Waals surface area contributed by atoms with Gasteiger partial charge in [0.25, 0.3) is 0 Å². The van der Waals surface area contributed by atoms with E-state index in [1.54, 1.807) is 18.9 Å². The van der Waals surface area contributed by atoms with Crippen molar-refractivity contribution in [1.29, 1.82) is 0 Å². The first-order chi connectivity index (χ1) is 6.74. The fourth-order valence-electron chi connectivity index (χ4n) is 0.991. The first-order valence-electron chi connectivity index (χ1n) is 4.41. The van der Waals surface area contributed by atoms with E-state index < -0.39 is 0 Å². The summed E-state index contributed by atoms with van der Waals surface area (Å²) in [6.07, 6.45) is 1.04. The molecule has 0 fully saturated rings. The number of halogens is 1. The van der Waals surface area contributed by atoms with Gasteiger partial charge in [-0.1, -0.05) is 11.6 Å². The summed E-state index contributed by atoms with van der Waals surface area (Å²) in [7, 11) is 1.71. The molecular weight excluding hydrogens is 218 g/mol. The SMILES string of the molecule is COCCCSc1ccc(N)c(Cl)c1. The van der Waals surface area contributed by atoms with Gasteiger partial charge >= 0.3 is 0 Å². The third kappa shape index (κ3) is 3.78. The summed E-state index contributed by atoms with van der Waals surface area (Å²) in [6, 6.07) is 5.72. The summed E-state index contributed by atoms with van der Waals surface area (Å²) in [5.41, 5.74) is 6.24. The van der Waals surface area contributed by atoms with Crippen molar-refractivity contribution < 1.29 is 4.74 Å². The van der Waals surface area contributed by atoms with Gasteiger partial charge in [0.15, 0.2) is 0 Å². The molecule has 0 aliphatic heterocycles. The van der Waals surface area contributed by atoms with Crippen LogP contribution in [-0.2, 0) is 4.74 Å².